The number of nitrogens with one attached hydrogen (secondary N) is 1. The molecule has 1 atom stereocenters. The summed E-state index contributed by atoms with van der Waals surface area (Å²) in [6.45, 7) is 6.09. The molecule has 4 heteroatoms. The van der Waals surface area contributed by atoms with Crippen molar-refractivity contribution in [1.82, 2.24) is 5.32 Å². The summed E-state index contributed by atoms with van der Waals surface area (Å²) < 4.78 is 0. The minimum absolute atomic E-state index is 0.441. The van der Waals surface area contributed by atoms with Crippen LogP contribution in [-0.2, 0) is 0 Å². The van der Waals surface area contributed by atoms with Gasteiger partial charge in [0.1, 0.15) is 0 Å². The first-order valence-electron chi connectivity index (χ1n) is 6.80. The molecule has 0 aliphatic heterocycles. The highest BCUT2D eigenvalue weighted by molar-refractivity contribution is 7.07. The van der Waals surface area contributed by atoms with Gasteiger partial charge < -0.3 is 11.1 Å². The van der Waals surface area contributed by atoms with Crippen LogP contribution in [0, 0.1) is 0 Å². The summed E-state index contributed by atoms with van der Waals surface area (Å²) in [6, 6.07) is 2.15. The van der Waals surface area contributed by atoms with Crippen LogP contribution >= 0.6 is 11.3 Å². The zero-order valence-electron chi connectivity index (χ0n) is 11.5. The fourth-order valence-corrected chi connectivity index (χ4v) is 2.50. The summed E-state index contributed by atoms with van der Waals surface area (Å²) in [7, 11) is 0. The van der Waals surface area contributed by atoms with E-state index in [1.807, 2.05) is 0 Å². The van der Waals surface area contributed by atoms with Gasteiger partial charge >= 0.3 is 0 Å². The average molecular weight is 267 g/mol. The van der Waals surface area contributed by atoms with E-state index in [4.69, 9.17) is 5.73 Å². The van der Waals surface area contributed by atoms with Gasteiger partial charge in [-0.1, -0.05) is 33.1 Å². The van der Waals surface area contributed by atoms with Gasteiger partial charge in [0, 0.05) is 19.0 Å². The molecule has 0 amide bonds. The third-order valence-electron chi connectivity index (χ3n) is 2.98. The second-order valence-electron chi connectivity index (χ2n) is 4.67. The molecule has 3 N–H and O–H groups in total. The Labute approximate surface area is 115 Å². The Hall–Kier alpha value is -1.03. The molecule has 0 spiro atoms. The zero-order valence-corrected chi connectivity index (χ0v) is 12.3. The Morgan fingerprint density at radius 3 is 2.94 bits per heavy atom. The van der Waals surface area contributed by atoms with Gasteiger partial charge in [0.15, 0.2) is 5.96 Å². The highest BCUT2D eigenvalue weighted by atomic mass is 32.1. The van der Waals surface area contributed by atoms with E-state index < -0.39 is 0 Å². The fourth-order valence-electron chi connectivity index (χ4n) is 1.72. The molecule has 0 aliphatic carbocycles. The predicted molar refractivity (Wildman–Crippen MR) is 81.4 cm³/mol. The second-order valence-corrected chi connectivity index (χ2v) is 5.45. The molecule has 0 saturated heterocycles. The van der Waals surface area contributed by atoms with Gasteiger partial charge in [0.05, 0.1) is 0 Å². The Bertz CT molecular complexity index is 333. The first kappa shape index (κ1) is 15.0. The second kappa shape index (κ2) is 8.97. The third-order valence-corrected chi connectivity index (χ3v) is 3.69. The van der Waals surface area contributed by atoms with Crippen molar-refractivity contribution >= 4 is 17.3 Å². The number of hydrogen-bond donors (Lipinski definition) is 2. The minimum atomic E-state index is 0.441. The molecule has 18 heavy (non-hydrogen) atoms. The van der Waals surface area contributed by atoms with Crippen molar-refractivity contribution in [2.24, 2.45) is 10.7 Å². The molecule has 1 rings (SSSR count). The largest absolute Gasteiger partial charge is 0.370 e. The van der Waals surface area contributed by atoms with Gasteiger partial charge in [-0.25, -0.2) is 0 Å². The first-order valence-corrected chi connectivity index (χ1v) is 7.74. The van der Waals surface area contributed by atoms with Gasteiger partial charge in [-0.15, -0.1) is 0 Å². The van der Waals surface area contributed by atoms with Crippen molar-refractivity contribution in [2.45, 2.75) is 45.4 Å². The van der Waals surface area contributed by atoms with Crippen LogP contribution in [0.1, 0.15) is 51.0 Å². The first-order chi connectivity index (χ1) is 8.74. The highest BCUT2D eigenvalue weighted by Gasteiger charge is 2.04. The number of rotatable bonds is 8. The molecule has 0 fully saturated rings. The molecular weight excluding hydrogens is 242 g/mol. The molecule has 0 aromatic carbocycles. The number of guanidine groups is 1. The Balaban J connectivity index is 2.17. The summed E-state index contributed by atoms with van der Waals surface area (Å²) in [5, 5.41) is 7.45. The van der Waals surface area contributed by atoms with Crippen LogP contribution in [0.25, 0.3) is 0 Å². The van der Waals surface area contributed by atoms with E-state index >= 15 is 0 Å². The normalized spacial score (nSPS) is 13.6. The third kappa shape index (κ3) is 6.05. The maximum atomic E-state index is 5.83. The standard InChI is InChI=1S/C14H25N3S/c1-3-4-5-6-8-16-14(15)17-10-12(2)13-7-9-18-11-13/h7,9,11-12H,3-6,8,10H2,1-2H3,(H3,15,16,17). The molecule has 1 aromatic rings. The van der Waals surface area contributed by atoms with E-state index in [0.29, 0.717) is 11.9 Å². The molecule has 0 bridgehead atoms. The molecule has 0 aliphatic rings. The topological polar surface area (TPSA) is 50.4 Å². The maximum absolute atomic E-state index is 5.83. The number of hydrogen-bond acceptors (Lipinski definition) is 2. The monoisotopic (exact) mass is 267 g/mol. The number of aliphatic imine (C=N–C) groups is 1. The van der Waals surface area contributed by atoms with Crippen molar-refractivity contribution in [1.29, 1.82) is 0 Å². The molecule has 0 radical (unpaired) electrons. The minimum Gasteiger partial charge on any atom is -0.370 e. The van der Waals surface area contributed by atoms with Crippen LogP contribution in [-0.4, -0.2) is 19.0 Å². The van der Waals surface area contributed by atoms with E-state index in [0.717, 1.165) is 13.1 Å². The van der Waals surface area contributed by atoms with E-state index in [1.165, 1.54) is 31.2 Å². The van der Waals surface area contributed by atoms with E-state index in [-0.39, 0.29) is 0 Å². The Morgan fingerprint density at radius 1 is 1.44 bits per heavy atom. The van der Waals surface area contributed by atoms with Gasteiger partial charge in [0.2, 0.25) is 0 Å². The summed E-state index contributed by atoms with van der Waals surface area (Å²) in [5.74, 6) is 1.02. The smallest absolute Gasteiger partial charge is 0.188 e. The lowest BCUT2D eigenvalue weighted by atomic mass is 10.1. The van der Waals surface area contributed by atoms with Crippen molar-refractivity contribution in [3.8, 4) is 0 Å². The summed E-state index contributed by atoms with van der Waals surface area (Å²) in [5.41, 5.74) is 7.18. The predicted octanol–water partition coefficient (Wildman–Crippen LogP) is 3.34. The molecular formula is C14H25N3S. The van der Waals surface area contributed by atoms with Crippen molar-refractivity contribution in [3.63, 3.8) is 0 Å². The van der Waals surface area contributed by atoms with Crippen molar-refractivity contribution < 1.29 is 0 Å². The lowest BCUT2D eigenvalue weighted by Crippen LogP contribution is -2.32. The lowest BCUT2D eigenvalue weighted by Gasteiger charge is -2.08. The lowest BCUT2D eigenvalue weighted by molar-refractivity contribution is 0.651. The SMILES string of the molecule is CCCCCCNC(N)=NCC(C)c1ccsc1. The van der Waals surface area contributed by atoms with Gasteiger partial charge in [-0.05, 0) is 28.8 Å². The van der Waals surface area contributed by atoms with E-state index in [1.54, 1.807) is 11.3 Å². The van der Waals surface area contributed by atoms with Crippen LogP contribution < -0.4 is 11.1 Å². The van der Waals surface area contributed by atoms with E-state index in [9.17, 15) is 0 Å². The van der Waals surface area contributed by atoms with E-state index in [2.05, 4.69) is 41.0 Å². The average Bonchev–Trinajstić information content (AvgIpc) is 2.89. The number of thiophene rings is 1. The number of unbranched alkanes of at least 4 members (excludes halogenated alkanes) is 3. The molecule has 102 valence electrons. The van der Waals surface area contributed by atoms with Crippen LogP contribution in [0.15, 0.2) is 21.8 Å². The number of nitrogens with two attached hydrogens (primary N) is 1. The fraction of sp³-hybridized carbons (Fsp3) is 0.643. The van der Waals surface area contributed by atoms with Crippen LogP contribution in [0.3, 0.4) is 0 Å². The molecule has 1 unspecified atom stereocenters. The Kier molecular flexibility index (Phi) is 7.49. The maximum Gasteiger partial charge on any atom is 0.188 e. The van der Waals surface area contributed by atoms with Crippen LogP contribution in [0.2, 0.25) is 0 Å². The van der Waals surface area contributed by atoms with Crippen molar-refractivity contribution in [2.75, 3.05) is 13.1 Å². The summed E-state index contributed by atoms with van der Waals surface area (Å²) in [6.07, 6.45) is 5.00. The van der Waals surface area contributed by atoms with Gasteiger partial charge in [0.25, 0.3) is 0 Å². The quantitative estimate of drug-likeness (QED) is 0.431. The molecule has 1 aromatic heterocycles. The zero-order chi connectivity index (χ0) is 13.2. The van der Waals surface area contributed by atoms with Crippen molar-refractivity contribution in [3.05, 3.63) is 22.4 Å². The highest BCUT2D eigenvalue weighted by Crippen LogP contribution is 2.17. The van der Waals surface area contributed by atoms with Gasteiger partial charge in [-0.2, -0.15) is 11.3 Å². The Morgan fingerprint density at radius 2 is 2.28 bits per heavy atom. The van der Waals surface area contributed by atoms with Crippen LogP contribution in [0.4, 0.5) is 0 Å². The molecule has 3 nitrogen and oxygen atoms in total. The molecule has 1 heterocycles. The summed E-state index contributed by atoms with van der Waals surface area (Å²) >= 11 is 1.73. The number of nitrogens with zero attached hydrogens (tertiary/aromatic N) is 1. The van der Waals surface area contributed by atoms with Crippen LogP contribution in [0.5, 0.6) is 0 Å². The summed E-state index contributed by atoms with van der Waals surface area (Å²) in [4.78, 5) is 4.39. The van der Waals surface area contributed by atoms with Gasteiger partial charge in [-0.3, -0.25) is 4.99 Å². The molecule has 0 saturated carbocycles.